The van der Waals surface area contributed by atoms with Crippen LogP contribution in [0.3, 0.4) is 0 Å². The summed E-state index contributed by atoms with van der Waals surface area (Å²) in [6.45, 7) is 4.14. The first kappa shape index (κ1) is 9.93. The van der Waals surface area contributed by atoms with Gasteiger partial charge < -0.3 is 0 Å². The minimum Gasteiger partial charge on any atom is -0.239 e. The van der Waals surface area contributed by atoms with Gasteiger partial charge in [0.1, 0.15) is 5.82 Å². The number of rotatable bonds is 2. The van der Waals surface area contributed by atoms with Gasteiger partial charge in [0.25, 0.3) is 0 Å². The monoisotopic (exact) mass is 248 g/mol. The molecule has 0 saturated heterocycles. The van der Waals surface area contributed by atoms with Gasteiger partial charge in [-0.15, -0.1) is 0 Å². The molecule has 0 aromatic carbocycles. The first-order valence-corrected chi connectivity index (χ1v) is 5.02. The van der Waals surface area contributed by atoms with E-state index in [0.29, 0.717) is 15.8 Å². The van der Waals surface area contributed by atoms with Gasteiger partial charge in [-0.1, -0.05) is 41.4 Å². The molecule has 0 bridgehead atoms. The lowest BCUT2D eigenvalue weighted by molar-refractivity contribution is 0.700. The van der Waals surface area contributed by atoms with E-state index in [1.54, 1.807) is 12.4 Å². The Hall–Kier alpha value is -0.150. The quantitative estimate of drug-likeness (QED) is 0.753. The van der Waals surface area contributed by atoms with E-state index >= 15 is 0 Å². The Balaban J connectivity index is 2.82. The molecule has 0 aliphatic rings. The van der Waals surface area contributed by atoms with E-state index in [1.165, 1.54) is 0 Å². The highest BCUT2D eigenvalue weighted by atomic mass is 79.9. The lowest BCUT2D eigenvalue weighted by atomic mass is 10.1. The summed E-state index contributed by atoms with van der Waals surface area (Å²) in [7, 11) is 0. The normalized spacial score (nSPS) is 15.7. The maximum Gasteiger partial charge on any atom is 0.132 e. The summed E-state index contributed by atoms with van der Waals surface area (Å²) in [5.41, 5.74) is 0. The van der Waals surface area contributed by atoms with Crippen molar-refractivity contribution in [2.75, 3.05) is 0 Å². The number of alkyl halides is 1. The Morgan fingerprint density at radius 2 is 1.83 bits per heavy atom. The number of hydrogen-bond acceptors (Lipinski definition) is 2. The van der Waals surface area contributed by atoms with Gasteiger partial charge in [0.05, 0.1) is 5.02 Å². The molecule has 0 saturated carbocycles. The average Bonchev–Trinajstić information content (AvgIpc) is 2.04. The van der Waals surface area contributed by atoms with Crippen LogP contribution >= 0.6 is 27.5 Å². The van der Waals surface area contributed by atoms with Gasteiger partial charge in [-0.2, -0.15) is 0 Å². The SMILES string of the molecule is CC(Br)C(C)c1ncc(Cl)cn1. The topological polar surface area (TPSA) is 25.8 Å². The largest absolute Gasteiger partial charge is 0.239 e. The van der Waals surface area contributed by atoms with E-state index in [0.717, 1.165) is 5.82 Å². The van der Waals surface area contributed by atoms with Crippen LogP contribution in [0.25, 0.3) is 0 Å². The average molecular weight is 250 g/mol. The van der Waals surface area contributed by atoms with Crippen LogP contribution in [0.4, 0.5) is 0 Å². The van der Waals surface area contributed by atoms with Gasteiger partial charge >= 0.3 is 0 Å². The Bertz CT molecular complexity index is 248. The van der Waals surface area contributed by atoms with E-state index in [9.17, 15) is 0 Å². The van der Waals surface area contributed by atoms with E-state index in [1.807, 2.05) is 0 Å². The van der Waals surface area contributed by atoms with Crippen molar-refractivity contribution >= 4 is 27.5 Å². The van der Waals surface area contributed by atoms with Crippen LogP contribution in [-0.4, -0.2) is 14.8 Å². The lowest BCUT2D eigenvalue weighted by Crippen LogP contribution is -2.08. The first-order valence-electron chi connectivity index (χ1n) is 3.72. The van der Waals surface area contributed by atoms with Crippen LogP contribution in [-0.2, 0) is 0 Å². The molecule has 1 aromatic heterocycles. The maximum atomic E-state index is 5.66. The van der Waals surface area contributed by atoms with Crippen LogP contribution in [0, 0.1) is 0 Å². The van der Waals surface area contributed by atoms with Gasteiger partial charge in [0.2, 0.25) is 0 Å². The van der Waals surface area contributed by atoms with Crippen molar-refractivity contribution < 1.29 is 0 Å². The fourth-order valence-corrected chi connectivity index (χ4v) is 1.10. The Morgan fingerprint density at radius 3 is 2.25 bits per heavy atom. The van der Waals surface area contributed by atoms with E-state index in [4.69, 9.17) is 11.6 Å². The standard InChI is InChI=1S/C8H10BrClN2/c1-5(6(2)9)8-11-3-7(10)4-12-8/h3-6H,1-2H3. The highest BCUT2D eigenvalue weighted by molar-refractivity contribution is 9.09. The third-order valence-electron chi connectivity index (χ3n) is 1.74. The molecule has 0 N–H and O–H groups in total. The van der Waals surface area contributed by atoms with Crippen molar-refractivity contribution in [1.82, 2.24) is 9.97 Å². The molecule has 2 nitrogen and oxygen atoms in total. The lowest BCUT2D eigenvalue weighted by Gasteiger charge is -2.11. The summed E-state index contributed by atoms with van der Waals surface area (Å²) in [5.74, 6) is 1.13. The molecular weight excluding hydrogens is 239 g/mol. The second kappa shape index (κ2) is 4.19. The summed E-state index contributed by atoms with van der Waals surface area (Å²) < 4.78 is 0. The van der Waals surface area contributed by atoms with E-state index in [-0.39, 0.29) is 0 Å². The third-order valence-corrected chi connectivity index (χ3v) is 2.72. The Kier molecular flexibility index (Phi) is 3.47. The fourth-order valence-electron chi connectivity index (χ4n) is 0.763. The minimum absolute atomic E-state index is 0.308. The summed E-state index contributed by atoms with van der Waals surface area (Å²) >= 11 is 9.14. The molecule has 1 heterocycles. The van der Waals surface area contributed by atoms with Gasteiger partial charge in [0.15, 0.2) is 0 Å². The molecule has 2 atom stereocenters. The maximum absolute atomic E-state index is 5.66. The Morgan fingerprint density at radius 1 is 1.33 bits per heavy atom. The third kappa shape index (κ3) is 2.42. The van der Waals surface area contributed by atoms with Crippen molar-refractivity contribution in [2.45, 2.75) is 24.6 Å². The summed E-state index contributed by atoms with van der Waals surface area (Å²) in [6.07, 6.45) is 3.24. The molecule has 1 aromatic rings. The highest BCUT2D eigenvalue weighted by Crippen LogP contribution is 2.20. The molecule has 0 fully saturated rings. The molecule has 1 rings (SSSR count). The predicted octanol–water partition coefficient (Wildman–Crippen LogP) is 3.02. The summed E-state index contributed by atoms with van der Waals surface area (Å²) in [5, 5.41) is 0.577. The molecule has 4 heteroatoms. The summed E-state index contributed by atoms with van der Waals surface area (Å²) in [6, 6.07) is 0. The molecule has 12 heavy (non-hydrogen) atoms. The second-order valence-corrected chi connectivity index (χ2v) is 4.61. The molecule has 0 spiro atoms. The molecular formula is C8H10BrClN2. The van der Waals surface area contributed by atoms with Crippen molar-refractivity contribution in [1.29, 1.82) is 0 Å². The van der Waals surface area contributed by atoms with Crippen molar-refractivity contribution in [2.24, 2.45) is 0 Å². The van der Waals surface area contributed by atoms with Gasteiger partial charge in [0, 0.05) is 23.1 Å². The molecule has 0 aliphatic heterocycles. The van der Waals surface area contributed by atoms with Crippen molar-refractivity contribution in [3.05, 3.63) is 23.2 Å². The van der Waals surface area contributed by atoms with Gasteiger partial charge in [-0.05, 0) is 0 Å². The molecule has 0 aliphatic carbocycles. The zero-order chi connectivity index (χ0) is 9.14. The predicted molar refractivity (Wildman–Crippen MR) is 53.8 cm³/mol. The fraction of sp³-hybridized carbons (Fsp3) is 0.500. The van der Waals surface area contributed by atoms with E-state index in [2.05, 4.69) is 39.7 Å². The van der Waals surface area contributed by atoms with Crippen LogP contribution in [0.5, 0.6) is 0 Å². The smallest absolute Gasteiger partial charge is 0.132 e. The number of halogens is 2. The number of nitrogens with zero attached hydrogens (tertiary/aromatic N) is 2. The Labute approximate surface area is 85.5 Å². The molecule has 0 amide bonds. The van der Waals surface area contributed by atoms with E-state index < -0.39 is 0 Å². The number of hydrogen-bond donors (Lipinski definition) is 0. The first-order chi connectivity index (χ1) is 5.61. The second-order valence-electron chi connectivity index (χ2n) is 2.73. The molecule has 66 valence electrons. The zero-order valence-corrected chi connectivity index (χ0v) is 9.30. The zero-order valence-electron chi connectivity index (χ0n) is 6.96. The van der Waals surface area contributed by atoms with Crippen LogP contribution in [0.2, 0.25) is 5.02 Å². The van der Waals surface area contributed by atoms with Crippen LogP contribution < -0.4 is 0 Å². The summed E-state index contributed by atoms with van der Waals surface area (Å²) in [4.78, 5) is 8.63. The van der Waals surface area contributed by atoms with Gasteiger partial charge in [-0.3, -0.25) is 0 Å². The van der Waals surface area contributed by atoms with Crippen molar-refractivity contribution in [3.63, 3.8) is 0 Å². The highest BCUT2D eigenvalue weighted by Gasteiger charge is 2.13. The van der Waals surface area contributed by atoms with Gasteiger partial charge in [-0.25, -0.2) is 9.97 Å². The van der Waals surface area contributed by atoms with Crippen LogP contribution in [0.15, 0.2) is 12.4 Å². The molecule has 2 unspecified atom stereocenters. The molecule has 0 radical (unpaired) electrons. The van der Waals surface area contributed by atoms with Crippen molar-refractivity contribution in [3.8, 4) is 0 Å². The minimum atomic E-state index is 0.308. The number of aromatic nitrogens is 2. The van der Waals surface area contributed by atoms with Crippen LogP contribution in [0.1, 0.15) is 25.6 Å².